The van der Waals surface area contributed by atoms with Crippen molar-refractivity contribution in [1.82, 2.24) is 4.72 Å². The molecule has 0 radical (unpaired) electrons. The second-order valence-corrected chi connectivity index (χ2v) is 7.77. The van der Waals surface area contributed by atoms with Gasteiger partial charge in [0.25, 0.3) is 6.23 Å². The molecule has 0 spiro atoms. The largest absolute Gasteiger partial charge is 0.486 e. The van der Waals surface area contributed by atoms with Gasteiger partial charge in [0.1, 0.15) is 6.10 Å². The molecule has 126 valence electrons. The minimum atomic E-state index is -3.71. The Hall–Kier alpha value is -1.80. The Balaban J connectivity index is 1.85. The van der Waals surface area contributed by atoms with Crippen LogP contribution in [0.1, 0.15) is 37.7 Å². The first-order chi connectivity index (χ1) is 10.9. The van der Waals surface area contributed by atoms with Crippen LogP contribution in [0.25, 0.3) is 0 Å². The number of ether oxygens (including phenoxy) is 2. The highest BCUT2D eigenvalue weighted by Gasteiger charge is 2.40. The third-order valence-corrected chi connectivity index (χ3v) is 5.60. The number of para-hydroxylation sites is 1. The lowest BCUT2D eigenvalue weighted by Gasteiger charge is -2.18. The van der Waals surface area contributed by atoms with Crippen LogP contribution in [0.4, 0.5) is 0 Å². The fourth-order valence-electron chi connectivity index (χ4n) is 3.12. The molecule has 2 aliphatic rings. The lowest BCUT2D eigenvalue weighted by atomic mass is 9.97. The normalized spacial score (nSPS) is 23.7. The number of rotatable bonds is 6. The zero-order valence-electron chi connectivity index (χ0n) is 12.7. The molecule has 1 aliphatic carbocycles. The minimum Gasteiger partial charge on any atom is -0.486 e. The summed E-state index contributed by atoms with van der Waals surface area (Å²) in [6.45, 7) is 1.42. The first kappa shape index (κ1) is 16.1. The van der Waals surface area contributed by atoms with E-state index in [9.17, 15) is 18.3 Å². The summed E-state index contributed by atoms with van der Waals surface area (Å²) in [5.41, 5.74) is 1.01. The highest BCUT2D eigenvalue weighted by Crippen LogP contribution is 2.50. The average molecular weight is 341 g/mol. The Morgan fingerprint density at radius 1 is 1.48 bits per heavy atom. The van der Waals surface area contributed by atoms with E-state index in [1.807, 2.05) is 10.8 Å². The summed E-state index contributed by atoms with van der Waals surface area (Å²) in [7, 11) is -3.71. The highest BCUT2D eigenvalue weighted by atomic mass is 32.2. The van der Waals surface area contributed by atoms with E-state index in [0.717, 1.165) is 24.8 Å². The van der Waals surface area contributed by atoms with E-state index in [0.29, 0.717) is 11.7 Å². The van der Waals surface area contributed by atoms with E-state index in [2.05, 4.69) is 0 Å². The van der Waals surface area contributed by atoms with Crippen molar-refractivity contribution < 1.29 is 27.8 Å². The van der Waals surface area contributed by atoms with Crippen molar-refractivity contribution in [2.45, 2.75) is 44.4 Å². The van der Waals surface area contributed by atoms with Crippen LogP contribution in [0.2, 0.25) is 0 Å². The lowest BCUT2D eigenvalue weighted by Crippen LogP contribution is -2.45. The monoisotopic (exact) mass is 341 g/mol. The average Bonchev–Trinajstić information content (AvgIpc) is 3.08. The molecule has 1 saturated carbocycles. The van der Waals surface area contributed by atoms with Crippen LogP contribution in [0, 0.1) is 0 Å². The predicted molar refractivity (Wildman–Crippen MR) is 82.1 cm³/mol. The Morgan fingerprint density at radius 3 is 2.96 bits per heavy atom. The number of benzene rings is 1. The summed E-state index contributed by atoms with van der Waals surface area (Å²) in [4.78, 5) is 11.3. The molecule has 0 aromatic heterocycles. The van der Waals surface area contributed by atoms with Crippen molar-refractivity contribution in [3.63, 3.8) is 0 Å². The van der Waals surface area contributed by atoms with Gasteiger partial charge in [-0.2, -0.15) is 4.72 Å². The topological polar surface area (TPSA) is 102 Å². The molecule has 3 rings (SSSR count). The van der Waals surface area contributed by atoms with Crippen LogP contribution >= 0.6 is 0 Å². The number of carboxylic acids is 1. The van der Waals surface area contributed by atoms with Crippen molar-refractivity contribution in [2.24, 2.45) is 0 Å². The number of carboxylic acid groups (broad SMARTS) is 1. The summed E-state index contributed by atoms with van der Waals surface area (Å²) in [5.74, 6) is -0.539. The van der Waals surface area contributed by atoms with Crippen molar-refractivity contribution in [2.75, 3.05) is 5.75 Å². The van der Waals surface area contributed by atoms with Gasteiger partial charge in [-0.3, -0.25) is 0 Å². The molecular weight excluding hydrogens is 322 g/mol. The lowest BCUT2D eigenvalue weighted by molar-refractivity contribution is -0.145. The third-order valence-electron chi connectivity index (χ3n) is 4.27. The van der Waals surface area contributed by atoms with E-state index in [-0.39, 0.29) is 17.6 Å². The molecule has 1 fully saturated rings. The van der Waals surface area contributed by atoms with E-state index in [1.165, 1.54) is 6.92 Å². The maximum Gasteiger partial charge on any atom is 0.361 e. The number of fused-ring (bicyclic) bond motifs is 3. The van der Waals surface area contributed by atoms with Crippen LogP contribution in [0.3, 0.4) is 0 Å². The van der Waals surface area contributed by atoms with Gasteiger partial charge in [0.15, 0.2) is 11.5 Å². The maximum atomic E-state index is 11.6. The molecular formula is C15H19NO6S. The SMILES string of the molecule is CCS(=O)(=O)NC(Oc1cccc2c1OC1CCCC21)C(=O)O. The second kappa shape index (κ2) is 6.01. The minimum absolute atomic E-state index is 0.102. The molecule has 1 aromatic rings. The molecule has 1 aliphatic heterocycles. The van der Waals surface area contributed by atoms with Crippen LogP contribution < -0.4 is 14.2 Å². The Labute approximate surface area is 134 Å². The molecule has 7 nitrogen and oxygen atoms in total. The van der Waals surface area contributed by atoms with Crippen molar-refractivity contribution in [3.05, 3.63) is 23.8 Å². The molecule has 8 heteroatoms. The van der Waals surface area contributed by atoms with Gasteiger partial charge < -0.3 is 14.6 Å². The first-order valence-electron chi connectivity index (χ1n) is 7.60. The number of carbonyl (C=O) groups is 1. The summed E-state index contributed by atoms with van der Waals surface area (Å²) >= 11 is 0. The summed E-state index contributed by atoms with van der Waals surface area (Å²) in [6.07, 6.45) is 1.52. The predicted octanol–water partition coefficient (Wildman–Crippen LogP) is 1.44. The van der Waals surface area contributed by atoms with Crippen molar-refractivity contribution >= 4 is 16.0 Å². The van der Waals surface area contributed by atoms with Gasteiger partial charge in [-0.25, -0.2) is 13.2 Å². The number of hydrogen-bond donors (Lipinski definition) is 2. The van der Waals surface area contributed by atoms with Gasteiger partial charge in [0.05, 0.1) is 5.75 Å². The van der Waals surface area contributed by atoms with Crippen LogP contribution in [-0.2, 0) is 14.8 Å². The van der Waals surface area contributed by atoms with E-state index >= 15 is 0 Å². The summed E-state index contributed by atoms with van der Waals surface area (Å²) < 4.78 is 36.6. The van der Waals surface area contributed by atoms with Crippen LogP contribution in [0.15, 0.2) is 18.2 Å². The van der Waals surface area contributed by atoms with Crippen molar-refractivity contribution in [3.8, 4) is 11.5 Å². The Morgan fingerprint density at radius 2 is 2.26 bits per heavy atom. The van der Waals surface area contributed by atoms with Crippen LogP contribution in [0.5, 0.6) is 11.5 Å². The fourth-order valence-corrected chi connectivity index (χ4v) is 3.76. The van der Waals surface area contributed by atoms with Gasteiger partial charge in [0, 0.05) is 11.5 Å². The van der Waals surface area contributed by atoms with Gasteiger partial charge in [-0.05, 0) is 32.3 Å². The van der Waals surface area contributed by atoms with Crippen molar-refractivity contribution in [1.29, 1.82) is 0 Å². The molecule has 1 aromatic carbocycles. The Bertz CT molecular complexity index is 717. The molecule has 3 atom stereocenters. The number of sulfonamides is 1. The zero-order chi connectivity index (χ0) is 16.6. The number of hydrogen-bond acceptors (Lipinski definition) is 5. The number of aliphatic carboxylic acids is 1. The molecule has 3 unspecified atom stereocenters. The van der Waals surface area contributed by atoms with Gasteiger partial charge in [0.2, 0.25) is 10.0 Å². The standard InChI is InChI=1S/C15H19NO6S/c1-2-23(19,20)16-14(15(17)18)22-12-8-4-6-10-9-5-3-7-11(9)21-13(10)12/h4,6,8-9,11,14,16H,2-3,5,7H2,1H3,(H,17,18). The third kappa shape index (κ3) is 3.13. The van der Waals surface area contributed by atoms with Gasteiger partial charge in [-0.15, -0.1) is 0 Å². The fraction of sp³-hybridized carbons (Fsp3) is 0.533. The highest BCUT2D eigenvalue weighted by molar-refractivity contribution is 7.89. The van der Waals surface area contributed by atoms with Gasteiger partial charge >= 0.3 is 5.97 Å². The van der Waals surface area contributed by atoms with E-state index in [1.54, 1.807) is 12.1 Å². The molecule has 0 bridgehead atoms. The van der Waals surface area contributed by atoms with Gasteiger partial charge in [-0.1, -0.05) is 12.1 Å². The molecule has 2 N–H and O–H groups in total. The smallest absolute Gasteiger partial charge is 0.361 e. The number of nitrogens with one attached hydrogen (secondary N) is 1. The maximum absolute atomic E-state index is 11.6. The molecule has 0 saturated heterocycles. The molecule has 1 heterocycles. The zero-order valence-corrected chi connectivity index (χ0v) is 13.5. The second-order valence-electron chi connectivity index (χ2n) is 5.73. The molecule has 23 heavy (non-hydrogen) atoms. The van der Waals surface area contributed by atoms with Crippen LogP contribution in [-0.4, -0.2) is 37.6 Å². The quantitative estimate of drug-likeness (QED) is 0.759. The summed E-state index contributed by atoms with van der Waals surface area (Å²) in [5, 5.41) is 9.21. The van der Waals surface area contributed by atoms with E-state index in [4.69, 9.17) is 9.47 Å². The molecule has 0 amide bonds. The first-order valence-corrected chi connectivity index (χ1v) is 9.25. The van der Waals surface area contributed by atoms with E-state index < -0.39 is 22.2 Å². The summed E-state index contributed by atoms with van der Waals surface area (Å²) in [6, 6.07) is 5.31. The Kier molecular flexibility index (Phi) is 4.20.